The van der Waals surface area contributed by atoms with Crippen LogP contribution in [0.15, 0.2) is 45.7 Å². The summed E-state index contributed by atoms with van der Waals surface area (Å²) in [6, 6.07) is 9.50. The molecule has 8 heteroatoms. The van der Waals surface area contributed by atoms with Crippen LogP contribution >= 0.6 is 34.7 Å². The average Bonchev–Trinajstić information content (AvgIpc) is 3.39. The Hall–Kier alpha value is -1.83. The highest BCUT2D eigenvalue weighted by Crippen LogP contribution is 2.22. The fraction of sp³-hybridized carbons (Fsp3) is 0.350. The van der Waals surface area contributed by atoms with Gasteiger partial charge >= 0.3 is 0 Å². The van der Waals surface area contributed by atoms with Crippen molar-refractivity contribution < 1.29 is 4.79 Å². The van der Waals surface area contributed by atoms with E-state index >= 15 is 0 Å². The number of hydrogen-bond donors (Lipinski definition) is 0. The lowest BCUT2D eigenvalue weighted by Crippen LogP contribution is -2.30. The maximum atomic E-state index is 13.0. The van der Waals surface area contributed by atoms with Crippen LogP contribution in [-0.2, 0) is 17.8 Å². The maximum absolute atomic E-state index is 13.0. The summed E-state index contributed by atoms with van der Waals surface area (Å²) in [5, 5.41) is 3.18. The van der Waals surface area contributed by atoms with Gasteiger partial charge in [0.25, 0.3) is 5.56 Å². The Bertz CT molecular complexity index is 1040. The summed E-state index contributed by atoms with van der Waals surface area (Å²) in [5.74, 6) is 0.426. The van der Waals surface area contributed by atoms with Gasteiger partial charge in [-0.15, -0.1) is 11.3 Å². The molecule has 0 bridgehead atoms. The standard InChI is InChI=1S/C20H20ClN3O2S2/c21-15-5-3-14(4-6-15)7-11-24-19(26)18-16(8-12-27-18)22-20(24)28-13-17(25)23-9-1-2-10-23/h3-6,8,12H,1-2,7,9-11,13H2. The molecule has 1 amide bonds. The summed E-state index contributed by atoms with van der Waals surface area (Å²) in [7, 11) is 0. The van der Waals surface area contributed by atoms with E-state index in [1.54, 1.807) is 4.57 Å². The summed E-state index contributed by atoms with van der Waals surface area (Å²) < 4.78 is 2.36. The van der Waals surface area contributed by atoms with Gasteiger partial charge in [0.15, 0.2) is 5.16 Å². The number of carbonyl (C=O) groups is 1. The van der Waals surface area contributed by atoms with Gasteiger partial charge in [-0.25, -0.2) is 4.98 Å². The molecular weight excluding hydrogens is 414 g/mol. The third-order valence-electron chi connectivity index (χ3n) is 4.85. The Kier molecular flexibility index (Phi) is 6.04. The van der Waals surface area contributed by atoms with E-state index < -0.39 is 0 Å². The lowest BCUT2D eigenvalue weighted by atomic mass is 10.1. The molecule has 28 heavy (non-hydrogen) atoms. The third kappa shape index (κ3) is 4.26. The van der Waals surface area contributed by atoms with Crippen LogP contribution in [0.3, 0.4) is 0 Å². The van der Waals surface area contributed by atoms with Crippen LogP contribution in [0.1, 0.15) is 18.4 Å². The Morgan fingerprint density at radius 2 is 1.93 bits per heavy atom. The summed E-state index contributed by atoms with van der Waals surface area (Å²) in [6.07, 6.45) is 2.84. The second kappa shape index (κ2) is 8.68. The zero-order valence-electron chi connectivity index (χ0n) is 15.3. The minimum atomic E-state index is -0.0370. The van der Waals surface area contributed by atoms with E-state index in [1.807, 2.05) is 40.6 Å². The molecule has 0 spiro atoms. The second-order valence-electron chi connectivity index (χ2n) is 6.74. The topological polar surface area (TPSA) is 55.2 Å². The number of aryl methyl sites for hydroxylation is 1. The van der Waals surface area contributed by atoms with Crippen LogP contribution in [0.25, 0.3) is 10.2 Å². The molecule has 0 unspecified atom stereocenters. The minimum absolute atomic E-state index is 0.0370. The third-order valence-corrected chi connectivity index (χ3v) is 6.96. The van der Waals surface area contributed by atoms with Crippen LogP contribution in [0.5, 0.6) is 0 Å². The van der Waals surface area contributed by atoms with Gasteiger partial charge in [-0.05, 0) is 48.4 Å². The molecule has 0 aliphatic carbocycles. The van der Waals surface area contributed by atoms with Crippen molar-refractivity contribution in [3.8, 4) is 0 Å². The van der Waals surface area contributed by atoms with E-state index in [4.69, 9.17) is 11.6 Å². The molecule has 146 valence electrons. The van der Waals surface area contributed by atoms with Gasteiger partial charge in [-0.1, -0.05) is 35.5 Å². The molecular formula is C20H20ClN3O2S2. The number of aromatic nitrogens is 2. The molecule has 1 aliphatic rings. The van der Waals surface area contributed by atoms with Crippen LogP contribution in [0.2, 0.25) is 5.02 Å². The van der Waals surface area contributed by atoms with E-state index in [1.165, 1.54) is 23.1 Å². The highest BCUT2D eigenvalue weighted by atomic mass is 35.5. The van der Waals surface area contributed by atoms with E-state index in [2.05, 4.69) is 4.98 Å². The number of thiophene rings is 1. The first-order chi connectivity index (χ1) is 13.6. The first-order valence-corrected chi connectivity index (χ1v) is 11.5. The molecule has 0 atom stereocenters. The first-order valence-electron chi connectivity index (χ1n) is 9.25. The number of halogens is 1. The lowest BCUT2D eigenvalue weighted by Gasteiger charge is -2.16. The average molecular weight is 434 g/mol. The summed E-state index contributed by atoms with van der Waals surface area (Å²) >= 11 is 8.72. The number of fused-ring (bicyclic) bond motifs is 1. The van der Waals surface area contributed by atoms with E-state index in [9.17, 15) is 9.59 Å². The smallest absolute Gasteiger partial charge is 0.272 e. The van der Waals surface area contributed by atoms with Crippen LogP contribution in [0.4, 0.5) is 0 Å². The van der Waals surface area contributed by atoms with Crippen molar-refractivity contribution in [3.05, 3.63) is 56.7 Å². The molecule has 2 aromatic heterocycles. The number of likely N-dealkylation sites (tertiary alicyclic amines) is 1. The normalized spacial score (nSPS) is 14.1. The van der Waals surface area contributed by atoms with Crippen molar-refractivity contribution >= 4 is 50.8 Å². The maximum Gasteiger partial charge on any atom is 0.272 e. The van der Waals surface area contributed by atoms with E-state index in [0.29, 0.717) is 39.1 Å². The zero-order chi connectivity index (χ0) is 19.5. The van der Waals surface area contributed by atoms with Crippen LogP contribution < -0.4 is 5.56 Å². The predicted octanol–water partition coefficient (Wildman–Crippen LogP) is 4.07. The van der Waals surface area contributed by atoms with Crippen molar-refractivity contribution in [2.24, 2.45) is 0 Å². The van der Waals surface area contributed by atoms with Crippen molar-refractivity contribution in [1.29, 1.82) is 0 Å². The van der Waals surface area contributed by atoms with Gasteiger partial charge in [0.05, 0.1) is 11.3 Å². The fourth-order valence-corrected chi connectivity index (χ4v) is 5.14. The lowest BCUT2D eigenvalue weighted by molar-refractivity contribution is -0.127. The van der Waals surface area contributed by atoms with Gasteiger partial charge in [0.1, 0.15) is 4.70 Å². The minimum Gasteiger partial charge on any atom is -0.342 e. The van der Waals surface area contributed by atoms with Crippen LogP contribution in [-0.4, -0.2) is 39.2 Å². The number of thioether (sulfide) groups is 1. The van der Waals surface area contributed by atoms with Crippen molar-refractivity contribution in [1.82, 2.24) is 14.5 Å². The van der Waals surface area contributed by atoms with Gasteiger partial charge in [-0.3, -0.25) is 14.2 Å². The van der Waals surface area contributed by atoms with E-state index in [0.717, 1.165) is 31.5 Å². The quantitative estimate of drug-likeness (QED) is 0.434. The van der Waals surface area contributed by atoms with E-state index in [-0.39, 0.29) is 11.5 Å². The zero-order valence-corrected chi connectivity index (χ0v) is 17.7. The highest BCUT2D eigenvalue weighted by molar-refractivity contribution is 7.99. The number of nitrogens with zero attached hydrogens (tertiary/aromatic N) is 3. The van der Waals surface area contributed by atoms with Gasteiger partial charge in [-0.2, -0.15) is 0 Å². The largest absolute Gasteiger partial charge is 0.342 e. The number of benzene rings is 1. The summed E-state index contributed by atoms with van der Waals surface area (Å²) in [6.45, 7) is 2.18. The molecule has 1 saturated heterocycles. The Labute approximate surface area is 176 Å². The molecule has 0 radical (unpaired) electrons. The molecule has 5 nitrogen and oxygen atoms in total. The predicted molar refractivity (Wildman–Crippen MR) is 116 cm³/mol. The van der Waals surface area contributed by atoms with Crippen LogP contribution in [0, 0.1) is 0 Å². The molecule has 3 aromatic rings. The number of amides is 1. The molecule has 1 aromatic carbocycles. The van der Waals surface area contributed by atoms with Gasteiger partial charge < -0.3 is 4.90 Å². The molecule has 0 saturated carbocycles. The molecule has 1 aliphatic heterocycles. The molecule has 3 heterocycles. The Morgan fingerprint density at radius 1 is 1.18 bits per heavy atom. The van der Waals surface area contributed by atoms with Crippen molar-refractivity contribution in [3.63, 3.8) is 0 Å². The van der Waals surface area contributed by atoms with Gasteiger partial charge in [0.2, 0.25) is 5.91 Å². The van der Waals surface area contributed by atoms with Crippen molar-refractivity contribution in [2.75, 3.05) is 18.8 Å². The summed E-state index contributed by atoms with van der Waals surface area (Å²) in [5.41, 5.74) is 1.77. The number of rotatable bonds is 6. The monoisotopic (exact) mass is 433 g/mol. The number of carbonyl (C=O) groups excluding carboxylic acids is 1. The molecule has 4 rings (SSSR count). The fourth-order valence-electron chi connectivity index (χ4n) is 3.31. The SMILES string of the molecule is O=C(CSc1nc2ccsc2c(=O)n1CCc1ccc(Cl)cc1)N1CCCC1. The molecule has 0 N–H and O–H groups in total. The molecule has 1 fully saturated rings. The first kappa shape index (κ1) is 19.5. The highest BCUT2D eigenvalue weighted by Gasteiger charge is 2.20. The summed E-state index contributed by atoms with van der Waals surface area (Å²) in [4.78, 5) is 32.0. The van der Waals surface area contributed by atoms with Crippen molar-refractivity contribution in [2.45, 2.75) is 31.0 Å². The Balaban J connectivity index is 1.56. The van der Waals surface area contributed by atoms with Gasteiger partial charge in [0, 0.05) is 24.7 Å². The Morgan fingerprint density at radius 3 is 2.68 bits per heavy atom. The number of hydrogen-bond acceptors (Lipinski definition) is 5. The second-order valence-corrected chi connectivity index (χ2v) is 9.03.